The summed E-state index contributed by atoms with van der Waals surface area (Å²) in [5.74, 6) is -0.423. The number of furan rings is 1. The zero-order valence-corrected chi connectivity index (χ0v) is 16.2. The summed E-state index contributed by atoms with van der Waals surface area (Å²) < 4.78 is 5.31. The van der Waals surface area contributed by atoms with E-state index in [0.717, 1.165) is 5.56 Å². The molecule has 0 fully saturated rings. The summed E-state index contributed by atoms with van der Waals surface area (Å²) in [6.07, 6.45) is 0. The maximum absolute atomic E-state index is 12.5. The maximum Gasteiger partial charge on any atom is 0.273 e. The molecular formula is C20H25N3O4. The number of hydrogen-bond donors (Lipinski definition) is 3. The molecule has 3 N–H and O–H groups in total. The van der Waals surface area contributed by atoms with Crippen molar-refractivity contribution in [2.24, 2.45) is 5.92 Å². The molecular weight excluding hydrogens is 346 g/mol. The van der Waals surface area contributed by atoms with Crippen LogP contribution >= 0.6 is 0 Å². The monoisotopic (exact) mass is 371 g/mol. The predicted octanol–water partition coefficient (Wildman–Crippen LogP) is 2.42. The lowest BCUT2D eigenvalue weighted by Gasteiger charge is -2.22. The average molecular weight is 371 g/mol. The van der Waals surface area contributed by atoms with Crippen LogP contribution in [0.15, 0.2) is 34.7 Å². The first-order valence-corrected chi connectivity index (χ1v) is 8.74. The van der Waals surface area contributed by atoms with Gasteiger partial charge in [-0.2, -0.15) is 0 Å². The molecule has 144 valence electrons. The summed E-state index contributed by atoms with van der Waals surface area (Å²) in [6, 6.07) is 7.93. The summed E-state index contributed by atoms with van der Waals surface area (Å²) in [4.78, 5) is 37.2. The standard InChI is InChI=1S/C20H25N3O4/c1-11(2)17(21-18(24)15-9-7-6-8-12(15)3)20(26)23-22-19(25)16-10-13(4)27-14(16)5/h6-11,17H,1-5H3,(H,21,24)(H,22,25)(H,23,26)/t17-/m0/s1. The molecule has 1 heterocycles. The zero-order valence-electron chi connectivity index (χ0n) is 16.2. The lowest BCUT2D eigenvalue weighted by molar-refractivity contribution is -0.124. The van der Waals surface area contributed by atoms with Crippen molar-refractivity contribution in [3.8, 4) is 0 Å². The normalized spacial score (nSPS) is 11.8. The van der Waals surface area contributed by atoms with Crippen molar-refractivity contribution >= 4 is 17.7 Å². The Morgan fingerprint density at radius 3 is 2.15 bits per heavy atom. The quantitative estimate of drug-likeness (QED) is 0.703. The van der Waals surface area contributed by atoms with E-state index in [1.54, 1.807) is 32.0 Å². The van der Waals surface area contributed by atoms with E-state index in [0.29, 0.717) is 22.6 Å². The molecule has 0 spiro atoms. The highest BCUT2D eigenvalue weighted by molar-refractivity contribution is 6.00. The van der Waals surface area contributed by atoms with Gasteiger partial charge in [-0.25, -0.2) is 0 Å². The number of carbonyl (C=O) groups excluding carboxylic acids is 3. The van der Waals surface area contributed by atoms with Crippen LogP contribution in [0.4, 0.5) is 0 Å². The van der Waals surface area contributed by atoms with Gasteiger partial charge in [-0.3, -0.25) is 25.2 Å². The van der Waals surface area contributed by atoms with E-state index < -0.39 is 17.9 Å². The summed E-state index contributed by atoms with van der Waals surface area (Å²) >= 11 is 0. The lowest BCUT2D eigenvalue weighted by Crippen LogP contribution is -2.54. The SMILES string of the molecule is Cc1cc(C(=O)NNC(=O)[C@@H](NC(=O)c2ccccc2C)C(C)C)c(C)o1. The molecule has 2 aromatic rings. The molecule has 7 nitrogen and oxygen atoms in total. The number of carbonyl (C=O) groups is 3. The van der Waals surface area contributed by atoms with Crippen LogP contribution < -0.4 is 16.2 Å². The second-order valence-corrected chi connectivity index (χ2v) is 6.78. The third kappa shape index (κ3) is 4.97. The van der Waals surface area contributed by atoms with Crippen molar-refractivity contribution in [2.75, 3.05) is 0 Å². The molecule has 27 heavy (non-hydrogen) atoms. The molecule has 7 heteroatoms. The van der Waals surface area contributed by atoms with Gasteiger partial charge in [0.05, 0.1) is 5.56 Å². The Morgan fingerprint density at radius 2 is 1.59 bits per heavy atom. The largest absolute Gasteiger partial charge is 0.466 e. The van der Waals surface area contributed by atoms with Gasteiger partial charge in [0, 0.05) is 5.56 Å². The van der Waals surface area contributed by atoms with Gasteiger partial charge < -0.3 is 9.73 Å². The van der Waals surface area contributed by atoms with Gasteiger partial charge >= 0.3 is 0 Å². The molecule has 0 saturated heterocycles. The molecule has 2 rings (SSSR count). The van der Waals surface area contributed by atoms with Crippen LogP contribution in [0.5, 0.6) is 0 Å². The number of aryl methyl sites for hydroxylation is 3. The maximum atomic E-state index is 12.5. The van der Waals surface area contributed by atoms with Crippen LogP contribution in [0.1, 0.15) is 51.6 Å². The van der Waals surface area contributed by atoms with Gasteiger partial charge in [0.15, 0.2) is 0 Å². The second kappa shape index (κ2) is 8.53. The Balaban J connectivity index is 2.02. The first kappa shape index (κ1) is 20.2. The van der Waals surface area contributed by atoms with Crippen LogP contribution in [-0.4, -0.2) is 23.8 Å². The molecule has 1 aromatic heterocycles. The number of rotatable bonds is 5. The number of nitrogens with one attached hydrogen (secondary N) is 3. The van der Waals surface area contributed by atoms with E-state index in [1.165, 1.54) is 0 Å². The van der Waals surface area contributed by atoms with Crippen molar-refractivity contribution < 1.29 is 18.8 Å². The minimum absolute atomic E-state index is 0.173. The fraction of sp³-hybridized carbons (Fsp3) is 0.350. The zero-order chi connectivity index (χ0) is 20.1. The highest BCUT2D eigenvalue weighted by atomic mass is 16.3. The second-order valence-electron chi connectivity index (χ2n) is 6.78. The van der Waals surface area contributed by atoms with E-state index in [2.05, 4.69) is 16.2 Å². The Bertz CT molecular complexity index is 855. The summed E-state index contributed by atoms with van der Waals surface area (Å²) in [6.45, 7) is 8.86. The molecule has 1 atom stereocenters. The van der Waals surface area contributed by atoms with Gasteiger partial charge in [-0.15, -0.1) is 0 Å². The highest BCUT2D eigenvalue weighted by Gasteiger charge is 2.26. The summed E-state index contributed by atoms with van der Waals surface area (Å²) in [5, 5.41) is 2.73. The topological polar surface area (TPSA) is 100 Å². The van der Waals surface area contributed by atoms with Crippen molar-refractivity contribution in [1.29, 1.82) is 0 Å². The van der Waals surface area contributed by atoms with Crippen molar-refractivity contribution in [3.63, 3.8) is 0 Å². The van der Waals surface area contributed by atoms with Crippen molar-refractivity contribution in [2.45, 2.75) is 40.7 Å². The van der Waals surface area contributed by atoms with Crippen LogP contribution in [0.2, 0.25) is 0 Å². The van der Waals surface area contributed by atoms with Gasteiger partial charge in [0.2, 0.25) is 0 Å². The molecule has 0 radical (unpaired) electrons. The Hall–Kier alpha value is -3.09. The Kier molecular flexibility index (Phi) is 6.39. The first-order chi connectivity index (χ1) is 12.7. The molecule has 3 amide bonds. The van der Waals surface area contributed by atoms with Gasteiger partial charge in [-0.1, -0.05) is 32.0 Å². The smallest absolute Gasteiger partial charge is 0.273 e. The third-order valence-corrected chi connectivity index (χ3v) is 4.21. The molecule has 1 aromatic carbocycles. The fourth-order valence-corrected chi connectivity index (χ4v) is 2.70. The van der Waals surface area contributed by atoms with E-state index in [1.807, 2.05) is 32.9 Å². The van der Waals surface area contributed by atoms with Crippen molar-refractivity contribution in [1.82, 2.24) is 16.2 Å². The lowest BCUT2D eigenvalue weighted by atomic mass is 10.0. The van der Waals surface area contributed by atoms with E-state index in [4.69, 9.17) is 4.42 Å². The molecule has 0 unspecified atom stereocenters. The van der Waals surface area contributed by atoms with E-state index >= 15 is 0 Å². The van der Waals surface area contributed by atoms with E-state index in [9.17, 15) is 14.4 Å². The summed E-state index contributed by atoms with van der Waals surface area (Å²) in [5.41, 5.74) is 6.40. The molecule has 0 aliphatic rings. The van der Waals surface area contributed by atoms with E-state index in [-0.39, 0.29) is 11.8 Å². The molecule has 0 saturated carbocycles. The van der Waals surface area contributed by atoms with Crippen LogP contribution in [0.3, 0.4) is 0 Å². The van der Waals surface area contributed by atoms with Crippen LogP contribution in [0.25, 0.3) is 0 Å². The Labute approximate surface area is 158 Å². The number of amides is 3. The highest BCUT2D eigenvalue weighted by Crippen LogP contribution is 2.13. The predicted molar refractivity (Wildman–Crippen MR) is 101 cm³/mol. The van der Waals surface area contributed by atoms with Crippen LogP contribution in [-0.2, 0) is 4.79 Å². The third-order valence-electron chi connectivity index (χ3n) is 4.21. The molecule has 0 bridgehead atoms. The molecule has 0 aliphatic heterocycles. The van der Waals surface area contributed by atoms with Gasteiger partial charge in [0.25, 0.3) is 17.7 Å². The summed E-state index contributed by atoms with van der Waals surface area (Å²) in [7, 11) is 0. The van der Waals surface area contributed by atoms with Crippen molar-refractivity contribution in [3.05, 3.63) is 58.5 Å². The number of hydrazine groups is 1. The average Bonchev–Trinajstić information content (AvgIpc) is 2.95. The minimum Gasteiger partial charge on any atom is -0.466 e. The van der Waals surface area contributed by atoms with Crippen LogP contribution in [0, 0.1) is 26.7 Å². The first-order valence-electron chi connectivity index (χ1n) is 8.74. The minimum atomic E-state index is -0.801. The number of benzene rings is 1. The number of hydrogen-bond acceptors (Lipinski definition) is 4. The fourth-order valence-electron chi connectivity index (χ4n) is 2.70. The van der Waals surface area contributed by atoms with Gasteiger partial charge in [0.1, 0.15) is 17.6 Å². The Morgan fingerprint density at radius 1 is 0.926 bits per heavy atom. The molecule has 0 aliphatic carbocycles. The van der Waals surface area contributed by atoms with Gasteiger partial charge in [-0.05, 0) is 44.4 Å².